The summed E-state index contributed by atoms with van der Waals surface area (Å²) in [4.78, 5) is 25.1. The number of hydrogen-bond acceptors (Lipinski definition) is 3. The smallest absolute Gasteiger partial charge is 0.246 e. The number of piperazine rings is 1. The van der Waals surface area contributed by atoms with E-state index in [1.807, 2.05) is 43.0 Å². The van der Waals surface area contributed by atoms with Gasteiger partial charge in [0.1, 0.15) is 0 Å². The first-order chi connectivity index (χ1) is 8.39. The zero-order valence-corrected chi connectivity index (χ0v) is 12.5. The molecule has 1 aliphatic heterocycles. The Morgan fingerprint density at radius 3 is 2.50 bits per heavy atom. The lowest BCUT2D eigenvalue weighted by atomic mass is 9.98. The molecule has 0 radical (unpaired) electrons. The van der Waals surface area contributed by atoms with Crippen molar-refractivity contribution >= 4 is 34.4 Å². The largest absolute Gasteiger partial charge is 0.294 e. The van der Waals surface area contributed by atoms with Crippen LogP contribution >= 0.6 is 22.6 Å². The summed E-state index contributed by atoms with van der Waals surface area (Å²) in [6.45, 7) is 4.52. The Morgan fingerprint density at radius 1 is 1.28 bits per heavy atom. The fraction of sp³-hybridized carbons (Fsp3) is 0.385. The summed E-state index contributed by atoms with van der Waals surface area (Å²) in [6, 6.07) is 8.09. The summed E-state index contributed by atoms with van der Waals surface area (Å²) < 4.78 is 1.17. The summed E-state index contributed by atoms with van der Waals surface area (Å²) >= 11 is 2.25. The molecule has 0 spiro atoms. The normalized spacial score (nSPS) is 19.7. The van der Waals surface area contributed by atoms with Crippen LogP contribution in [0, 0.1) is 3.57 Å². The molecular weight excluding hydrogens is 343 g/mol. The molecule has 1 heterocycles. The number of halogens is 1. The Labute approximate surface area is 120 Å². The van der Waals surface area contributed by atoms with E-state index in [2.05, 4.69) is 27.9 Å². The van der Waals surface area contributed by atoms with Crippen molar-refractivity contribution in [1.29, 1.82) is 0 Å². The van der Waals surface area contributed by atoms with Crippen molar-refractivity contribution < 1.29 is 9.59 Å². The third kappa shape index (κ3) is 2.72. The number of amides is 2. The second-order valence-corrected chi connectivity index (χ2v) is 6.16. The first-order valence-corrected chi connectivity index (χ1v) is 6.81. The zero-order valence-electron chi connectivity index (χ0n) is 10.4. The van der Waals surface area contributed by atoms with Gasteiger partial charge in [-0.2, -0.15) is 0 Å². The molecular formula is C13H15IN2O2. The number of carbonyl (C=O) groups is 2. The fourth-order valence-electron chi connectivity index (χ4n) is 1.90. The molecule has 0 unspecified atom stereocenters. The van der Waals surface area contributed by atoms with Gasteiger partial charge < -0.3 is 0 Å². The average molecular weight is 358 g/mol. The van der Waals surface area contributed by atoms with Gasteiger partial charge in [0, 0.05) is 10.1 Å². The number of carbonyl (C=O) groups excluding carboxylic acids is 2. The number of nitrogens with one attached hydrogen (secondary N) is 1. The Kier molecular flexibility index (Phi) is 3.72. The first kappa shape index (κ1) is 13.5. The molecule has 5 heteroatoms. The average Bonchev–Trinajstić information content (AvgIpc) is 2.29. The monoisotopic (exact) mass is 358 g/mol. The molecule has 0 saturated carbocycles. The van der Waals surface area contributed by atoms with Gasteiger partial charge in [-0.3, -0.25) is 19.8 Å². The predicted molar refractivity (Wildman–Crippen MR) is 76.8 cm³/mol. The molecule has 1 N–H and O–H groups in total. The van der Waals surface area contributed by atoms with E-state index in [9.17, 15) is 9.59 Å². The molecule has 4 nitrogen and oxygen atoms in total. The van der Waals surface area contributed by atoms with Crippen molar-refractivity contribution in [1.82, 2.24) is 10.2 Å². The molecule has 18 heavy (non-hydrogen) atoms. The third-order valence-electron chi connectivity index (χ3n) is 3.22. The number of hydrogen-bond donors (Lipinski definition) is 1. The molecule has 0 bridgehead atoms. The van der Waals surface area contributed by atoms with Gasteiger partial charge in [-0.15, -0.1) is 0 Å². The number of nitrogens with zero attached hydrogens (tertiary/aromatic N) is 1. The van der Waals surface area contributed by atoms with Gasteiger partial charge in [-0.05, 0) is 54.1 Å². The van der Waals surface area contributed by atoms with Gasteiger partial charge in [-0.1, -0.05) is 12.1 Å². The quantitative estimate of drug-likeness (QED) is 0.645. The Balaban J connectivity index is 2.18. The minimum absolute atomic E-state index is 0.232. The molecule has 2 amide bonds. The van der Waals surface area contributed by atoms with Crippen LogP contribution in [0.25, 0.3) is 0 Å². The van der Waals surface area contributed by atoms with Crippen molar-refractivity contribution in [2.45, 2.75) is 25.9 Å². The van der Waals surface area contributed by atoms with E-state index in [-0.39, 0.29) is 18.4 Å². The van der Waals surface area contributed by atoms with Crippen LogP contribution in [-0.4, -0.2) is 28.8 Å². The minimum atomic E-state index is -0.656. The molecule has 0 atom stereocenters. The molecule has 96 valence electrons. The van der Waals surface area contributed by atoms with Crippen molar-refractivity contribution in [3.63, 3.8) is 0 Å². The highest BCUT2D eigenvalue weighted by molar-refractivity contribution is 14.1. The summed E-state index contributed by atoms with van der Waals surface area (Å²) in [5, 5.41) is 2.37. The number of imide groups is 1. The van der Waals surface area contributed by atoms with Crippen LogP contribution in [0.1, 0.15) is 19.4 Å². The summed E-state index contributed by atoms with van der Waals surface area (Å²) in [5.41, 5.74) is 0.447. The molecule has 1 aliphatic rings. The van der Waals surface area contributed by atoms with Crippen molar-refractivity contribution in [2.24, 2.45) is 0 Å². The molecule has 0 aromatic heterocycles. The summed E-state index contributed by atoms with van der Waals surface area (Å²) in [6.07, 6.45) is 0. The molecule has 1 fully saturated rings. The maximum Gasteiger partial charge on any atom is 0.246 e. The number of benzene rings is 1. The van der Waals surface area contributed by atoms with Crippen molar-refractivity contribution in [2.75, 3.05) is 6.54 Å². The van der Waals surface area contributed by atoms with Crippen molar-refractivity contribution in [3.05, 3.63) is 33.4 Å². The predicted octanol–water partition coefficient (Wildman–Crippen LogP) is 1.53. The maximum atomic E-state index is 11.8. The van der Waals surface area contributed by atoms with E-state index in [0.717, 1.165) is 5.56 Å². The maximum absolute atomic E-state index is 11.8. The lowest BCUT2D eigenvalue weighted by Gasteiger charge is -2.40. The molecule has 1 aromatic carbocycles. The Hall–Kier alpha value is -0.950. The van der Waals surface area contributed by atoms with Gasteiger partial charge in [-0.25, -0.2) is 0 Å². The Morgan fingerprint density at radius 2 is 1.89 bits per heavy atom. The highest BCUT2D eigenvalue weighted by atomic mass is 127. The van der Waals surface area contributed by atoms with Crippen LogP contribution in [0.4, 0.5) is 0 Å². The molecule has 1 saturated heterocycles. The number of rotatable bonds is 2. The van der Waals surface area contributed by atoms with E-state index in [1.165, 1.54) is 3.57 Å². The van der Waals surface area contributed by atoms with E-state index in [0.29, 0.717) is 6.54 Å². The highest BCUT2D eigenvalue weighted by Crippen LogP contribution is 2.21. The zero-order chi connectivity index (χ0) is 13.3. The molecule has 2 rings (SSSR count). The molecule has 0 aliphatic carbocycles. The van der Waals surface area contributed by atoms with Gasteiger partial charge in [0.15, 0.2) is 0 Å². The Bertz CT molecular complexity index is 482. The third-order valence-corrected chi connectivity index (χ3v) is 3.94. The topological polar surface area (TPSA) is 49.4 Å². The van der Waals surface area contributed by atoms with Crippen LogP contribution < -0.4 is 5.32 Å². The van der Waals surface area contributed by atoms with Crippen LogP contribution in [0.3, 0.4) is 0 Å². The van der Waals surface area contributed by atoms with E-state index < -0.39 is 5.54 Å². The van der Waals surface area contributed by atoms with Crippen LogP contribution in [-0.2, 0) is 16.1 Å². The first-order valence-electron chi connectivity index (χ1n) is 5.73. The van der Waals surface area contributed by atoms with Crippen LogP contribution in [0.5, 0.6) is 0 Å². The van der Waals surface area contributed by atoms with E-state index in [1.54, 1.807) is 0 Å². The van der Waals surface area contributed by atoms with Crippen molar-refractivity contribution in [3.8, 4) is 0 Å². The lowest BCUT2D eigenvalue weighted by molar-refractivity contribution is -0.145. The summed E-state index contributed by atoms with van der Waals surface area (Å²) in [5.74, 6) is -0.464. The SMILES string of the molecule is CC1(C)C(=O)NC(=O)CN1Cc1ccc(I)cc1. The van der Waals surface area contributed by atoms with Crippen LogP contribution in [0.15, 0.2) is 24.3 Å². The van der Waals surface area contributed by atoms with Gasteiger partial charge in [0.2, 0.25) is 11.8 Å². The fourth-order valence-corrected chi connectivity index (χ4v) is 2.26. The summed E-state index contributed by atoms with van der Waals surface area (Å²) in [7, 11) is 0. The van der Waals surface area contributed by atoms with E-state index in [4.69, 9.17) is 0 Å². The van der Waals surface area contributed by atoms with E-state index >= 15 is 0 Å². The van der Waals surface area contributed by atoms with Gasteiger partial charge >= 0.3 is 0 Å². The van der Waals surface area contributed by atoms with Crippen LogP contribution in [0.2, 0.25) is 0 Å². The second kappa shape index (κ2) is 4.97. The standard InChI is InChI=1S/C13H15IN2O2/c1-13(2)12(18)15-11(17)8-16(13)7-9-3-5-10(14)6-4-9/h3-6H,7-8H2,1-2H3,(H,15,17,18). The van der Waals surface area contributed by atoms with Gasteiger partial charge in [0.05, 0.1) is 12.1 Å². The molecule has 1 aromatic rings. The minimum Gasteiger partial charge on any atom is -0.294 e. The van der Waals surface area contributed by atoms with Gasteiger partial charge in [0.25, 0.3) is 0 Å². The lowest BCUT2D eigenvalue weighted by Crippen LogP contribution is -2.63. The highest BCUT2D eigenvalue weighted by Gasteiger charge is 2.40. The second-order valence-electron chi connectivity index (χ2n) is 4.92.